The second-order valence-electron chi connectivity index (χ2n) is 5.75. The van der Waals surface area contributed by atoms with Crippen molar-refractivity contribution in [3.63, 3.8) is 0 Å². The molecule has 2 aromatic carbocycles. The number of Topliss-reactive ketones (excluding diaryl/α,β-unsaturated/α-hetero) is 2. The number of benzene rings is 2. The number of hydrogen-bond acceptors (Lipinski definition) is 3. The summed E-state index contributed by atoms with van der Waals surface area (Å²) in [7, 11) is 1.61. The normalized spacial score (nSPS) is 18.1. The largest absolute Gasteiger partial charge is 0.497 e. The number of fused-ring (bicyclic) bond motifs is 1. The van der Waals surface area contributed by atoms with Gasteiger partial charge in [-0.25, -0.2) is 0 Å². The Hall–Kier alpha value is -2.68. The lowest BCUT2D eigenvalue weighted by molar-refractivity contribution is -0.117. The molecule has 3 nitrogen and oxygen atoms in total. The Morgan fingerprint density at radius 3 is 2.70 bits per heavy atom. The lowest BCUT2D eigenvalue weighted by atomic mass is 9.91. The summed E-state index contributed by atoms with van der Waals surface area (Å²) in [4.78, 5) is 24.4. The Morgan fingerprint density at radius 2 is 1.96 bits per heavy atom. The third-order valence-electron chi connectivity index (χ3n) is 4.13. The van der Waals surface area contributed by atoms with Gasteiger partial charge in [-0.2, -0.15) is 0 Å². The van der Waals surface area contributed by atoms with Crippen LogP contribution in [0.4, 0.5) is 0 Å². The summed E-state index contributed by atoms with van der Waals surface area (Å²) < 4.78 is 5.23. The van der Waals surface area contributed by atoms with E-state index >= 15 is 0 Å². The van der Waals surface area contributed by atoms with Gasteiger partial charge in [0.25, 0.3) is 0 Å². The van der Waals surface area contributed by atoms with E-state index in [1.165, 1.54) is 0 Å². The topological polar surface area (TPSA) is 43.4 Å². The summed E-state index contributed by atoms with van der Waals surface area (Å²) in [6, 6.07) is 15.1. The minimum Gasteiger partial charge on any atom is -0.497 e. The maximum absolute atomic E-state index is 12.7. The van der Waals surface area contributed by atoms with Gasteiger partial charge in [0.15, 0.2) is 5.78 Å². The molecule has 0 N–H and O–H groups in total. The van der Waals surface area contributed by atoms with Crippen molar-refractivity contribution in [3.8, 4) is 5.75 Å². The van der Waals surface area contributed by atoms with E-state index in [0.29, 0.717) is 17.6 Å². The number of allylic oxidation sites excluding steroid dienone is 1. The van der Waals surface area contributed by atoms with Gasteiger partial charge in [-0.1, -0.05) is 36.4 Å². The van der Waals surface area contributed by atoms with Gasteiger partial charge in [-0.15, -0.1) is 0 Å². The van der Waals surface area contributed by atoms with Crippen molar-refractivity contribution in [1.82, 2.24) is 0 Å². The van der Waals surface area contributed by atoms with Crippen LogP contribution in [0, 0.1) is 0 Å². The summed E-state index contributed by atoms with van der Waals surface area (Å²) >= 11 is 0. The van der Waals surface area contributed by atoms with Crippen LogP contribution in [-0.2, 0) is 4.79 Å². The Bertz CT molecular complexity index is 802. The molecule has 1 atom stereocenters. The molecule has 23 heavy (non-hydrogen) atoms. The number of carbonyl (C=O) groups excluding carboxylic acids is 2. The highest BCUT2D eigenvalue weighted by molar-refractivity contribution is 6.17. The van der Waals surface area contributed by atoms with Gasteiger partial charge in [0.1, 0.15) is 11.5 Å². The van der Waals surface area contributed by atoms with E-state index in [-0.39, 0.29) is 17.5 Å². The fraction of sp³-hybridized carbons (Fsp3) is 0.200. The number of hydrogen-bond donors (Lipinski definition) is 0. The van der Waals surface area contributed by atoms with Crippen LogP contribution < -0.4 is 4.74 Å². The Labute approximate surface area is 135 Å². The molecule has 0 heterocycles. The molecular formula is C20H18O3. The van der Waals surface area contributed by atoms with Crippen molar-refractivity contribution in [2.45, 2.75) is 19.3 Å². The first-order chi connectivity index (χ1) is 11.1. The first-order valence-electron chi connectivity index (χ1n) is 7.59. The zero-order valence-corrected chi connectivity index (χ0v) is 13.2. The molecule has 0 amide bonds. The van der Waals surface area contributed by atoms with E-state index < -0.39 is 0 Å². The van der Waals surface area contributed by atoms with Crippen molar-refractivity contribution in [1.29, 1.82) is 0 Å². The monoisotopic (exact) mass is 306 g/mol. The quantitative estimate of drug-likeness (QED) is 0.801. The highest BCUT2D eigenvalue weighted by atomic mass is 16.5. The van der Waals surface area contributed by atoms with Crippen molar-refractivity contribution >= 4 is 17.6 Å². The second-order valence-corrected chi connectivity index (χ2v) is 5.75. The number of ether oxygens (including phenoxy) is 1. The molecule has 0 spiro atoms. The van der Waals surface area contributed by atoms with Crippen molar-refractivity contribution in [2.24, 2.45) is 0 Å². The van der Waals surface area contributed by atoms with Gasteiger partial charge in [0, 0.05) is 23.5 Å². The second kappa shape index (κ2) is 6.21. The summed E-state index contributed by atoms with van der Waals surface area (Å²) in [6.07, 6.45) is 2.22. The molecule has 1 aliphatic carbocycles. The fourth-order valence-corrected chi connectivity index (χ4v) is 3.07. The van der Waals surface area contributed by atoms with E-state index in [1.807, 2.05) is 54.6 Å². The molecule has 3 rings (SSSR count). The lowest BCUT2D eigenvalue weighted by Gasteiger charge is -2.11. The van der Waals surface area contributed by atoms with Gasteiger partial charge < -0.3 is 4.74 Å². The van der Waals surface area contributed by atoms with Crippen LogP contribution >= 0.6 is 0 Å². The van der Waals surface area contributed by atoms with Crippen LogP contribution in [0.5, 0.6) is 5.75 Å². The van der Waals surface area contributed by atoms with E-state index in [9.17, 15) is 9.59 Å². The Kier molecular flexibility index (Phi) is 4.11. The summed E-state index contributed by atoms with van der Waals surface area (Å²) in [5.74, 6) is 0.665. The van der Waals surface area contributed by atoms with Crippen molar-refractivity contribution in [3.05, 3.63) is 70.8 Å². The van der Waals surface area contributed by atoms with Gasteiger partial charge in [-0.3, -0.25) is 9.59 Å². The maximum atomic E-state index is 12.7. The zero-order chi connectivity index (χ0) is 16.4. The van der Waals surface area contributed by atoms with Gasteiger partial charge in [-0.05, 0) is 36.3 Å². The van der Waals surface area contributed by atoms with Crippen molar-refractivity contribution < 1.29 is 14.3 Å². The highest BCUT2D eigenvalue weighted by Gasteiger charge is 2.34. The minimum absolute atomic E-state index is 0.00895. The molecule has 1 aliphatic rings. The van der Waals surface area contributed by atoms with E-state index in [1.54, 1.807) is 14.0 Å². The Morgan fingerprint density at radius 1 is 1.17 bits per heavy atom. The van der Waals surface area contributed by atoms with Crippen LogP contribution in [0.15, 0.2) is 54.1 Å². The Balaban J connectivity index is 2.07. The summed E-state index contributed by atoms with van der Waals surface area (Å²) in [6.45, 7) is 1.56. The molecule has 0 aromatic heterocycles. The maximum Gasteiger partial charge on any atom is 0.189 e. The summed E-state index contributed by atoms with van der Waals surface area (Å²) in [5, 5.41) is 0. The molecule has 0 radical (unpaired) electrons. The van der Waals surface area contributed by atoms with Crippen LogP contribution in [-0.4, -0.2) is 18.7 Å². The molecule has 0 aliphatic heterocycles. The fourth-order valence-electron chi connectivity index (χ4n) is 3.07. The molecule has 1 unspecified atom stereocenters. The van der Waals surface area contributed by atoms with E-state index in [4.69, 9.17) is 4.74 Å². The third kappa shape index (κ3) is 2.95. The van der Waals surface area contributed by atoms with Crippen molar-refractivity contribution in [2.75, 3.05) is 7.11 Å². The van der Waals surface area contributed by atoms with Crippen LogP contribution in [0.1, 0.15) is 40.7 Å². The average Bonchev–Trinajstić information content (AvgIpc) is 2.81. The molecule has 0 fully saturated rings. The van der Waals surface area contributed by atoms with Crippen LogP contribution in [0.2, 0.25) is 0 Å². The molecule has 116 valence electrons. The SMILES string of the molecule is COc1cccc(/C=C2/C(=O)c3ccccc3C2CC(C)=O)c1. The number of methoxy groups -OCH3 is 1. The zero-order valence-electron chi connectivity index (χ0n) is 13.2. The first kappa shape index (κ1) is 15.2. The van der Waals surface area contributed by atoms with Gasteiger partial charge in [0.2, 0.25) is 0 Å². The lowest BCUT2D eigenvalue weighted by Crippen LogP contribution is -2.05. The number of carbonyl (C=O) groups is 2. The molecule has 3 heteroatoms. The standard InChI is InChI=1S/C20H18O3/c1-13(21)10-18-16-8-3-4-9-17(16)20(22)19(18)12-14-6-5-7-15(11-14)23-2/h3-9,11-12,18H,10H2,1-2H3/b19-12+. The molecular weight excluding hydrogens is 288 g/mol. The smallest absolute Gasteiger partial charge is 0.189 e. The molecule has 0 saturated carbocycles. The van der Waals surface area contributed by atoms with Gasteiger partial charge in [0.05, 0.1) is 7.11 Å². The molecule has 2 aromatic rings. The predicted octanol–water partition coefficient (Wildman–Crippen LogP) is 4.04. The highest BCUT2D eigenvalue weighted by Crippen LogP contribution is 2.40. The summed E-state index contributed by atoms with van der Waals surface area (Å²) in [5.41, 5.74) is 3.22. The van der Waals surface area contributed by atoms with E-state index in [0.717, 1.165) is 16.9 Å². The first-order valence-corrected chi connectivity index (χ1v) is 7.59. The number of rotatable bonds is 4. The minimum atomic E-state index is -0.164. The van der Waals surface area contributed by atoms with Gasteiger partial charge >= 0.3 is 0 Å². The van der Waals surface area contributed by atoms with Crippen LogP contribution in [0.3, 0.4) is 0 Å². The van der Waals surface area contributed by atoms with E-state index in [2.05, 4.69) is 0 Å². The molecule has 0 bridgehead atoms. The number of ketones is 2. The predicted molar refractivity (Wildman–Crippen MR) is 89.8 cm³/mol. The average molecular weight is 306 g/mol. The molecule has 0 saturated heterocycles. The van der Waals surface area contributed by atoms with Crippen LogP contribution in [0.25, 0.3) is 6.08 Å². The third-order valence-corrected chi connectivity index (χ3v) is 4.13.